The van der Waals surface area contributed by atoms with Crippen molar-refractivity contribution in [1.82, 2.24) is 9.80 Å². The van der Waals surface area contributed by atoms with Gasteiger partial charge in [0.05, 0.1) is 22.9 Å². The third-order valence-corrected chi connectivity index (χ3v) is 5.40. The number of β-amino-alcohol motifs (C(OH)–C–C–N with tert-alkyl or cyclic N) is 1. The summed E-state index contributed by atoms with van der Waals surface area (Å²) >= 11 is 5.69. The normalized spacial score (nSPS) is 18.6. The lowest BCUT2D eigenvalue weighted by Gasteiger charge is -2.31. The number of anilines is 2. The second kappa shape index (κ2) is 8.74. The summed E-state index contributed by atoms with van der Waals surface area (Å²) in [6.07, 6.45) is 0.602. The lowest BCUT2D eigenvalue weighted by Crippen LogP contribution is -2.38. The summed E-state index contributed by atoms with van der Waals surface area (Å²) in [6, 6.07) is 16.0. The molecule has 2 aromatic rings. The van der Waals surface area contributed by atoms with Crippen molar-refractivity contribution in [3.63, 3.8) is 0 Å². The SMILES string of the molecule is CC(=O)N(C)C(CN1CCC(O)C1)c1ccccc1.Clc1ccc2cc1N2. The van der Waals surface area contributed by atoms with Gasteiger partial charge in [-0.15, -0.1) is 0 Å². The van der Waals surface area contributed by atoms with E-state index in [-0.39, 0.29) is 18.1 Å². The number of likely N-dealkylation sites (N-methyl/N-ethyl adjacent to an activating group) is 1. The van der Waals surface area contributed by atoms with Crippen molar-refractivity contribution >= 4 is 28.9 Å². The molecule has 0 radical (unpaired) electrons. The smallest absolute Gasteiger partial charge is 0.219 e. The number of halogens is 1. The first kappa shape index (κ1) is 19.7. The van der Waals surface area contributed by atoms with Gasteiger partial charge in [-0.05, 0) is 30.2 Å². The molecule has 6 heteroatoms. The van der Waals surface area contributed by atoms with Gasteiger partial charge in [-0.25, -0.2) is 0 Å². The van der Waals surface area contributed by atoms with Crippen LogP contribution in [0.3, 0.4) is 0 Å². The summed E-state index contributed by atoms with van der Waals surface area (Å²) in [5.41, 5.74) is 3.34. The van der Waals surface area contributed by atoms with Crippen molar-refractivity contribution in [3.05, 3.63) is 59.1 Å². The van der Waals surface area contributed by atoms with E-state index in [0.717, 1.165) is 41.5 Å². The zero-order valence-corrected chi connectivity index (χ0v) is 16.5. The van der Waals surface area contributed by atoms with Crippen LogP contribution in [0.25, 0.3) is 0 Å². The van der Waals surface area contributed by atoms with E-state index in [9.17, 15) is 9.90 Å². The number of hydrogen-bond acceptors (Lipinski definition) is 4. The molecule has 1 fully saturated rings. The number of fused-ring (bicyclic) bond motifs is 2. The van der Waals surface area contributed by atoms with Gasteiger partial charge in [-0.3, -0.25) is 9.69 Å². The first-order chi connectivity index (χ1) is 12.9. The zero-order chi connectivity index (χ0) is 19.4. The molecule has 3 heterocycles. The molecule has 2 atom stereocenters. The number of carbonyl (C=O) groups is 1. The Morgan fingerprint density at radius 1 is 1.33 bits per heavy atom. The van der Waals surface area contributed by atoms with E-state index in [4.69, 9.17) is 11.6 Å². The van der Waals surface area contributed by atoms with Gasteiger partial charge in [0.25, 0.3) is 0 Å². The molecule has 1 amide bonds. The molecule has 5 nitrogen and oxygen atoms in total. The summed E-state index contributed by atoms with van der Waals surface area (Å²) in [7, 11) is 1.84. The minimum Gasteiger partial charge on any atom is -0.392 e. The molecule has 2 aromatic carbocycles. The number of nitrogens with one attached hydrogen (secondary N) is 1. The highest BCUT2D eigenvalue weighted by Crippen LogP contribution is 2.35. The number of benzene rings is 2. The van der Waals surface area contributed by atoms with Gasteiger partial charge in [0.2, 0.25) is 5.91 Å². The molecule has 0 aromatic heterocycles. The van der Waals surface area contributed by atoms with Gasteiger partial charge in [-0.1, -0.05) is 41.9 Å². The second-order valence-electron chi connectivity index (χ2n) is 7.08. The number of aliphatic hydroxyl groups excluding tert-OH is 1. The molecule has 2 unspecified atom stereocenters. The molecule has 2 bridgehead atoms. The number of likely N-dealkylation sites (tertiary alicyclic amines) is 1. The maximum Gasteiger partial charge on any atom is 0.219 e. The van der Waals surface area contributed by atoms with Gasteiger partial charge in [0.15, 0.2) is 0 Å². The molecule has 3 aliphatic rings. The van der Waals surface area contributed by atoms with Crippen LogP contribution in [0.4, 0.5) is 11.4 Å². The molecule has 144 valence electrons. The van der Waals surface area contributed by atoms with E-state index in [0.29, 0.717) is 6.54 Å². The van der Waals surface area contributed by atoms with Gasteiger partial charge in [0, 0.05) is 39.3 Å². The summed E-state index contributed by atoms with van der Waals surface area (Å²) in [6.45, 7) is 3.97. The lowest BCUT2D eigenvalue weighted by atomic mass is 10.1. The Hall–Kier alpha value is -2.08. The predicted octanol–water partition coefficient (Wildman–Crippen LogP) is 3.67. The van der Waals surface area contributed by atoms with Crippen LogP contribution >= 0.6 is 11.6 Å². The van der Waals surface area contributed by atoms with Gasteiger partial charge >= 0.3 is 0 Å². The molecule has 3 aliphatic heterocycles. The van der Waals surface area contributed by atoms with Crippen LogP contribution in [0, 0.1) is 0 Å². The fraction of sp³-hybridized carbons (Fsp3) is 0.381. The molecule has 0 saturated carbocycles. The molecule has 27 heavy (non-hydrogen) atoms. The van der Waals surface area contributed by atoms with Gasteiger partial charge in [0.1, 0.15) is 0 Å². The number of amides is 1. The van der Waals surface area contributed by atoms with Crippen molar-refractivity contribution < 1.29 is 9.90 Å². The highest BCUT2D eigenvalue weighted by atomic mass is 35.5. The predicted molar refractivity (Wildman–Crippen MR) is 109 cm³/mol. The average molecular weight is 388 g/mol. The van der Waals surface area contributed by atoms with Crippen LogP contribution in [0.5, 0.6) is 0 Å². The minimum absolute atomic E-state index is 0.0454. The summed E-state index contributed by atoms with van der Waals surface area (Å²) in [5, 5.41) is 13.5. The monoisotopic (exact) mass is 387 g/mol. The summed E-state index contributed by atoms with van der Waals surface area (Å²) in [4.78, 5) is 15.7. The third-order valence-electron chi connectivity index (χ3n) is 5.07. The highest BCUT2D eigenvalue weighted by molar-refractivity contribution is 6.34. The van der Waals surface area contributed by atoms with Gasteiger partial charge < -0.3 is 15.3 Å². The Labute approximate surface area is 165 Å². The van der Waals surface area contributed by atoms with Crippen LogP contribution in [-0.4, -0.2) is 53.6 Å². The van der Waals surface area contributed by atoms with Crippen molar-refractivity contribution in [2.75, 3.05) is 32.0 Å². The Morgan fingerprint density at radius 2 is 2.04 bits per heavy atom. The third kappa shape index (κ3) is 5.01. The lowest BCUT2D eigenvalue weighted by molar-refractivity contribution is -0.130. The van der Waals surface area contributed by atoms with E-state index in [2.05, 4.69) is 22.3 Å². The first-order valence-corrected chi connectivity index (χ1v) is 9.57. The average Bonchev–Trinajstić information content (AvgIpc) is 3.04. The van der Waals surface area contributed by atoms with E-state index < -0.39 is 0 Å². The van der Waals surface area contributed by atoms with Crippen molar-refractivity contribution in [2.24, 2.45) is 0 Å². The van der Waals surface area contributed by atoms with E-state index >= 15 is 0 Å². The number of carbonyl (C=O) groups excluding carboxylic acids is 1. The fourth-order valence-electron chi connectivity index (χ4n) is 3.35. The topological polar surface area (TPSA) is 55.8 Å². The summed E-state index contributed by atoms with van der Waals surface area (Å²) in [5.74, 6) is 0.0635. The van der Waals surface area contributed by atoms with Crippen molar-refractivity contribution in [3.8, 4) is 0 Å². The van der Waals surface area contributed by atoms with Crippen LogP contribution in [0.2, 0.25) is 5.02 Å². The molecule has 0 aliphatic carbocycles. The molecular formula is C21H26ClN3O2. The van der Waals surface area contributed by atoms with Crippen LogP contribution < -0.4 is 5.32 Å². The quantitative estimate of drug-likeness (QED) is 0.717. The molecule has 1 saturated heterocycles. The Morgan fingerprint density at radius 3 is 2.48 bits per heavy atom. The van der Waals surface area contributed by atoms with Crippen LogP contribution in [0.1, 0.15) is 24.9 Å². The maximum atomic E-state index is 11.7. The Kier molecular flexibility index (Phi) is 6.37. The molecule has 0 spiro atoms. The van der Waals surface area contributed by atoms with E-state index in [1.807, 2.05) is 43.4 Å². The second-order valence-corrected chi connectivity index (χ2v) is 7.49. The largest absolute Gasteiger partial charge is 0.392 e. The number of rotatable bonds is 4. The van der Waals surface area contributed by atoms with E-state index in [1.165, 1.54) is 0 Å². The highest BCUT2D eigenvalue weighted by Gasteiger charge is 2.26. The van der Waals surface area contributed by atoms with Crippen LogP contribution in [0.15, 0.2) is 48.5 Å². The van der Waals surface area contributed by atoms with Crippen molar-refractivity contribution in [2.45, 2.75) is 25.5 Å². The van der Waals surface area contributed by atoms with Gasteiger partial charge in [-0.2, -0.15) is 0 Å². The number of aliphatic hydroxyl groups is 1. The number of hydrogen-bond donors (Lipinski definition) is 2. The fourth-order valence-corrected chi connectivity index (χ4v) is 3.51. The Bertz CT molecular complexity index is 775. The number of nitrogens with zero attached hydrogens (tertiary/aromatic N) is 2. The maximum absolute atomic E-state index is 11.7. The molecule has 5 rings (SSSR count). The zero-order valence-electron chi connectivity index (χ0n) is 15.7. The van der Waals surface area contributed by atoms with Crippen LogP contribution in [-0.2, 0) is 4.79 Å². The Balaban J connectivity index is 0.000000216. The van der Waals surface area contributed by atoms with E-state index in [1.54, 1.807) is 11.8 Å². The van der Waals surface area contributed by atoms with Crippen molar-refractivity contribution in [1.29, 1.82) is 0 Å². The standard InChI is InChI=1S/C15H22N2O2.C6H4ClN/c1-12(18)16(2)15(13-6-4-3-5-7-13)11-17-9-8-14(19)10-17;7-5-2-1-4-3-6(5)8-4/h3-7,14-15,19H,8-11H2,1-2H3;1-3,8H. The molecular weight excluding hydrogens is 362 g/mol. The molecule has 2 N–H and O–H groups in total. The first-order valence-electron chi connectivity index (χ1n) is 9.19. The summed E-state index contributed by atoms with van der Waals surface area (Å²) < 4.78 is 0. The minimum atomic E-state index is -0.223.